The predicted octanol–water partition coefficient (Wildman–Crippen LogP) is 9.13. The molecule has 0 aromatic rings. The van der Waals surface area contributed by atoms with Crippen LogP contribution in [0.2, 0.25) is 0 Å². The van der Waals surface area contributed by atoms with Gasteiger partial charge in [0.25, 0.3) is 0 Å². The minimum absolute atomic E-state index is 0.0192. The van der Waals surface area contributed by atoms with Gasteiger partial charge in [-0.25, -0.2) is 0 Å². The molecular weight excluding hydrogens is 428 g/mol. The molecule has 0 saturated heterocycles. The Morgan fingerprint density at radius 2 is 1.49 bits per heavy atom. The molecular formula is C33H54O2. The van der Waals surface area contributed by atoms with Gasteiger partial charge >= 0.3 is 5.97 Å². The molecule has 35 heavy (non-hydrogen) atoms. The van der Waals surface area contributed by atoms with Gasteiger partial charge in [0.15, 0.2) is 0 Å². The Hall–Kier alpha value is -0.790. The Morgan fingerprint density at radius 1 is 0.800 bits per heavy atom. The molecule has 0 bridgehead atoms. The summed E-state index contributed by atoms with van der Waals surface area (Å²) in [5.74, 6) is 2.16. The Kier molecular flexibility index (Phi) is 5.80. The highest BCUT2D eigenvalue weighted by Gasteiger charge is 2.69. The first kappa shape index (κ1) is 25.8. The van der Waals surface area contributed by atoms with E-state index in [9.17, 15) is 4.79 Å². The molecule has 5 aliphatic carbocycles. The first-order chi connectivity index (χ1) is 16.1. The van der Waals surface area contributed by atoms with E-state index < -0.39 is 0 Å². The highest BCUT2D eigenvalue weighted by molar-refractivity contribution is 5.69. The molecule has 5 aliphatic rings. The molecule has 0 aromatic carbocycles. The van der Waals surface area contributed by atoms with Crippen LogP contribution in [0.5, 0.6) is 0 Å². The maximum Gasteiger partial charge on any atom is 0.305 e. The van der Waals surface area contributed by atoms with Gasteiger partial charge in [0.1, 0.15) is 6.10 Å². The van der Waals surface area contributed by atoms with E-state index in [1.165, 1.54) is 57.8 Å². The van der Waals surface area contributed by atoms with E-state index in [2.05, 4.69) is 61.5 Å². The van der Waals surface area contributed by atoms with Gasteiger partial charge in [-0.15, -0.1) is 0 Å². The zero-order valence-corrected chi connectivity index (χ0v) is 24.5. The van der Waals surface area contributed by atoms with Crippen molar-refractivity contribution < 1.29 is 9.53 Å². The summed E-state index contributed by atoms with van der Waals surface area (Å²) in [6, 6.07) is 0. The molecule has 0 N–H and O–H groups in total. The summed E-state index contributed by atoms with van der Waals surface area (Å²) < 4.78 is 6.06. The average Bonchev–Trinajstić information content (AvgIpc) is 2.77. The largest absolute Gasteiger partial charge is 0.462 e. The van der Waals surface area contributed by atoms with Gasteiger partial charge in [-0.3, -0.25) is 4.79 Å². The van der Waals surface area contributed by atoms with Gasteiger partial charge in [0.2, 0.25) is 0 Å². The molecule has 198 valence electrons. The smallest absolute Gasteiger partial charge is 0.305 e. The van der Waals surface area contributed by atoms with Gasteiger partial charge < -0.3 is 4.74 Å². The summed E-state index contributed by atoms with van der Waals surface area (Å²) in [7, 11) is 0. The fourth-order valence-corrected chi connectivity index (χ4v) is 11.1. The second kappa shape index (κ2) is 7.86. The molecule has 2 heteroatoms. The van der Waals surface area contributed by atoms with E-state index in [0.717, 1.165) is 18.3 Å². The Balaban J connectivity index is 1.49. The standard InChI is InChI=1S/C33H54O2/c1-10-27(34)35-26-14-15-31(7)24(29(26,4)5)13-16-33(9)25(31)12-11-22-23-21-28(2,3)17-18-30(23,6)19-20-32(22,33)8/h21-22,24-26H,10-20H2,1-9H3/t22-,24+,25-,26+,30-,31+,32-,33-/m1/s1. The topological polar surface area (TPSA) is 26.3 Å². The van der Waals surface area contributed by atoms with Crippen LogP contribution in [-0.2, 0) is 9.53 Å². The maximum absolute atomic E-state index is 12.2. The van der Waals surface area contributed by atoms with Crippen LogP contribution in [0.3, 0.4) is 0 Å². The second-order valence-corrected chi connectivity index (χ2v) is 16.0. The van der Waals surface area contributed by atoms with Crippen molar-refractivity contribution in [2.24, 2.45) is 50.2 Å². The van der Waals surface area contributed by atoms with Crippen molar-refractivity contribution in [1.82, 2.24) is 0 Å². The predicted molar refractivity (Wildman–Crippen MR) is 145 cm³/mol. The minimum atomic E-state index is -0.0192. The molecule has 5 rings (SSSR count). The molecule has 0 heterocycles. The number of allylic oxidation sites excluding steroid dienone is 2. The molecule has 0 unspecified atom stereocenters. The van der Waals surface area contributed by atoms with Crippen LogP contribution in [0.4, 0.5) is 0 Å². The first-order valence-electron chi connectivity index (χ1n) is 15.1. The molecule has 8 atom stereocenters. The normalized spacial score (nSPS) is 50.0. The molecule has 0 amide bonds. The van der Waals surface area contributed by atoms with Gasteiger partial charge in [-0.2, -0.15) is 0 Å². The van der Waals surface area contributed by atoms with E-state index in [1.807, 2.05) is 12.5 Å². The Bertz CT molecular complexity index is 912. The van der Waals surface area contributed by atoms with E-state index in [4.69, 9.17) is 4.74 Å². The van der Waals surface area contributed by atoms with Crippen LogP contribution in [0.25, 0.3) is 0 Å². The molecule has 0 aliphatic heterocycles. The zero-order chi connectivity index (χ0) is 25.7. The van der Waals surface area contributed by atoms with E-state index in [0.29, 0.717) is 39.4 Å². The lowest BCUT2D eigenvalue weighted by molar-refractivity contribution is -0.233. The number of rotatable bonds is 2. The van der Waals surface area contributed by atoms with Crippen molar-refractivity contribution in [1.29, 1.82) is 0 Å². The number of carbonyl (C=O) groups is 1. The van der Waals surface area contributed by atoms with Crippen molar-refractivity contribution >= 4 is 5.97 Å². The summed E-state index contributed by atoms with van der Waals surface area (Å²) in [5, 5.41) is 0. The quantitative estimate of drug-likeness (QED) is 0.290. The minimum Gasteiger partial charge on any atom is -0.462 e. The third-order valence-electron chi connectivity index (χ3n) is 13.5. The number of fused-ring (bicyclic) bond motifs is 7. The Morgan fingerprint density at radius 3 is 2.17 bits per heavy atom. The monoisotopic (exact) mass is 482 g/mol. The number of esters is 1. The van der Waals surface area contributed by atoms with Crippen molar-refractivity contribution in [3.8, 4) is 0 Å². The SMILES string of the molecule is CCC(=O)O[C@H]1CC[C@]2(C)[C@H]3CC[C@@H]4C5=CC(C)(C)CC[C@]5(C)CC[C@@]4(C)[C@]3(C)CC[C@H]2C1(C)C. The van der Waals surface area contributed by atoms with E-state index in [1.54, 1.807) is 0 Å². The molecule has 4 fully saturated rings. The van der Waals surface area contributed by atoms with E-state index in [-0.39, 0.29) is 17.5 Å². The third kappa shape index (κ3) is 3.49. The maximum atomic E-state index is 12.2. The lowest BCUT2D eigenvalue weighted by atomic mass is 9.32. The Labute approximate surface area is 216 Å². The van der Waals surface area contributed by atoms with Gasteiger partial charge in [-0.05, 0) is 109 Å². The highest BCUT2D eigenvalue weighted by atomic mass is 16.5. The number of hydrogen-bond donors (Lipinski definition) is 0. The van der Waals surface area contributed by atoms with Gasteiger partial charge in [0.05, 0.1) is 0 Å². The summed E-state index contributed by atoms with van der Waals surface area (Å²) >= 11 is 0. The molecule has 0 aromatic heterocycles. The average molecular weight is 483 g/mol. The number of carbonyl (C=O) groups excluding carboxylic acids is 1. The third-order valence-corrected chi connectivity index (χ3v) is 13.5. The molecule has 2 nitrogen and oxygen atoms in total. The first-order valence-corrected chi connectivity index (χ1v) is 15.1. The summed E-state index contributed by atoms with van der Waals surface area (Å²) in [6.07, 6.45) is 16.5. The number of hydrogen-bond acceptors (Lipinski definition) is 2. The van der Waals surface area contributed by atoms with Crippen LogP contribution in [0.1, 0.15) is 133 Å². The van der Waals surface area contributed by atoms with Crippen molar-refractivity contribution in [2.45, 2.75) is 139 Å². The van der Waals surface area contributed by atoms with Crippen molar-refractivity contribution in [3.63, 3.8) is 0 Å². The van der Waals surface area contributed by atoms with Crippen LogP contribution >= 0.6 is 0 Å². The van der Waals surface area contributed by atoms with Crippen LogP contribution in [0.15, 0.2) is 11.6 Å². The summed E-state index contributed by atoms with van der Waals surface area (Å²) in [5.41, 5.74) is 3.84. The highest BCUT2D eigenvalue weighted by Crippen LogP contribution is 2.76. The van der Waals surface area contributed by atoms with Gasteiger partial charge in [0, 0.05) is 11.8 Å². The number of ether oxygens (including phenoxy) is 1. The second-order valence-electron chi connectivity index (χ2n) is 16.0. The zero-order valence-electron chi connectivity index (χ0n) is 24.5. The summed E-state index contributed by atoms with van der Waals surface area (Å²) in [4.78, 5) is 12.2. The van der Waals surface area contributed by atoms with Gasteiger partial charge in [-0.1, -0.05) is 74.0 Å². The van der Waals surface area contributed by atoms with Crippen molar-refractivity contribution in [2.75, 3.05) is 0 Å². The lowest BCUT2D eigenvalue weighted by Gasteiger charge is -2.72. The lowest BCUT2D eigenvalue weighted by Crippen LogP contribution is -2.66. The van der Waals surface area contributed by atoms with E-state index >= 15 is 0 Å². The summed E-state index contributed by atoms with van der Waals surface area (Å²) in [6.45, 7) is 22.4. The fourth-order valence-electron chi connectivity index (χ4n) is 11.1. The van der Waals surface area contributed by atoms with Crippen LogP contribution in [0, 0.1) is 50.2 Å². The molecule has 0 spiro atoms. The molecule has 4 saturated carbocycles. The molecule has 0 radical (unpaired) electrons. The fraction of sp³-hybridized carbons (Fsp3) is 0.909. The van der Waals surface area contributed by atoms with Crippen LogP contribution < -0.4 is 0 Å². The van der Waals surface area contributed by atoms with Crippen molar-refractivity contribution in [3.05, 3.63) is 11.6 Å². The van der Waals surface area contributed by atoms with Crippen LogP contribution in [-0.4, -0.2) is 12.1 Å².